The largest absolute Gasteiger partial charge is 0.481 e. The molecule has 0 aliphatic rings. The summed E-state index contributed by atoms with van der Waals surface area (Å²) in [6.45, 7) is 1.87. The van der Waals surface area contributed by atoms with Gasteiger partial charge in [-0.3, -0.25) is 9.36 Å². The molecule has 1 aromatic heterocycles. The lowest BCUT2D eigenvalue weighted by molar-refractivity contribution is -0.133. The van der Waals surface area contributed by atoms with Crippen molar-refractivity contribution in [3.05, 3.63) is 42.0 Å². The van der Waals surface area contributed by atoms with Gasteiger partial charge in [-0.05, 0) is 24.6 Å². The summed E-state index contributed by atoms with van der Waals surface area (Å²) in [5, 5.41) is 9.10. The van der Waals surface area contributed by atoms with E-state index in [2.05, 4.69) is 4.98 Å². The van der Waals surface area contributed by atoms with Gasteiger partial charge in [-0.15, -0.1) is 0 Å². The Morgan fingerprint density at radius 2 is 2.33 bits per heavy atom. The number of aryl methyl sites for hydroxylation is 1. The van der Waals surface area contributed by atoms with Crippen LogP contribution in [0.5, 0.6) is 0 Å². The van der Waals surface area contributed by atoms with Crippen molar-refractivity contribution in [1.29, 1.82) is 0 Å². The number of halogens is 1. The fourth-order valence-electron chi connectivity index (χ4n) is 1.51. The van der Waals surface area contributed by atoms with Gasteiger partial charge in [-0.2, -0.15) is 0 Å². The van der Waals surface area contributed by atoms with Crippen LogP contribution >= 0.6 is 11.8 Å². The van der Waals surface area contributed by atoms with E-state index in [1.807, 2.05) is 6.92 Å². The van der Waals surface area contributed by atoms with Crippen LogP contribution in [0.1, 0.15) is 5.56 Å². The van der Waals surface area contributed by atoms with Gasteiger partial charge in [0.1, 0.15) is 5.82 Å². The Kier molecular flexibility index (Phi) is 3.66. The predicted molar refractivity (Wildman–Crippen MR) is 66.6 cm³/mol. The number of hydrogen-bond donors (Lipinski definition) is 1. The third-order valence-corrected chi connectivity index (χ3v) is 3.24. The predicted octanol–water partition coefficient (Wildman–Crippen LogP) is 2.50. The first-order chi connectivity index (χ1) is 8.58. The molecule has 6 heteroatoms. The molecule has 0 radical (unpaired) electrons. The molecule has 0 bridgehead atoms. The topological polar surface area (TPSA) is 55.1 Å². The maximum Gasteiger partial charge on any atom is 0.313 e. The third kappa shape index (κ3) is 2.70. The van der Waals surface area contributed by atoms with E-state index in [1.165, 1.54) is 12.3 Å². The number of nitrogens with zero attached hydrogens (tertiary/aromatic N) is 2. The van der Waals surface area contributed by atoms with Crippen LogP contribution in [0.3, 0.4) is 0 Å². The maximum atomic E-state index is 13.7. The minimum atomic E-state index is -0.931. The van der Waals surface area contributed by atoms with Gasteiger partial charge in [0.05, 0.1) is 11.4 Å². The first-order valence-corrected chi connectivity index (χ1v) is 6.21. The van der Waals surface area contributed by atoms with Crippen LogP contribution in [0.4, 0.5) is 4.39 Å². The van der Waals surface area contributed by atoms with Crippen LogP contribution in [0, 0.1) is 12.7 Å². The van der Waals surface area contributed by atoms with E-state index in [-0.39, 0.29) is 11.6 Å². The molecule has 0 aliphatic carbocycles. The normalized spacial score (nSPS) is 10.6. The third-order valence-electron chi connectivity index (χ3n) is 2.29. The number of hydrogen-bond acceptors (Lipinski definition) is 3. The summed E-state index contributed by atoms with van der Waals surface area (Å²) in [5.74, 6) is -1.40. The Labute approximate surface area is 107 Å². The molecule has 0 atom stereocenters. The minimum Gasteiger partial charge on any atom is -0.481 e. The minimum absolute atomic E-state index is 0.107. The highest BCUT2D eigenvalue weighted by atomic mass is 32.2. The van der Waals surface area contributed by atoms with Crippen molar-refractivity contribution >= 4 is 17.7 Å². The van der Waals surface area contributed by atoms with E-state index in [9.17, 15) is 9.18 Å². The lowest BCUT2D eigenvalue weighted by atomic mass is 10.2. The van der Waals surface area contributed by atoms with Crippen LogP contribution in [0.25, 0.3) is 5.69 Å². The summed E-state index contributed by atoms with van der Waals surface area (Å²) in [4.78, 5) is 14.6. The summed E-state index contributed by atoms with van der Waals surface area (Å²) in [7, 11) is 0. The Hall–Kier alpha value is -1.82. The SMILES string of the molecule is Cc1ccc(F)c(-n2ccnc2SCC(=O)O)c1. The number of rotatable bonds is 4. The van der Waals surface area contributed by atoms with Gasteiger partial charge in [-0.25, -0.2) is 9.37 Å². The van der Waals surface area contributed by atoms with Crippen LogP contribution in [0.15, 0.2) is 35.7 Å². The molecule has 0 fully saturated rings. The molecule has 0 spiro atoms. The number of carboxylic acids is 1. The number of carbonyl (C=O) groups is 1. The Bertz CT molecular complexity index is 583. The second-order valence-corrected chi connectivity index (χ2v) is 4.66. The van der Waals surface area contributed by atoms with Crippen LogP contribution in [-0.2, 0) is 4.79 Å². The van der Waals surface area contributed by atoms with E-state index in [4.69, 9.17) is 5.11 Å². The highest BCUT2D eigenvalue weighted by molar-refractivity contribution is 7.99. The van der Waals surface area contributed by atoms with Gasteiger partial charge in [0.15, 0.2) is 5.16 Å². The van der Waals surface area contributed by atoms with Crippen molar-refractivity contribution in [3.63, 3.8) is 0 Å². The zero-order chi connectivity index (χ0) is 13.1. The Morgan fingerprint density at radius 1 is 1.56 bits per heavy atom. The number of aromatic nitrogens is 2. The smallest absolute Gasteiger partial charge is 0.313 e. The zero-order valence-electron chi connectivity index (χ0n) is 9.63. The van der Waals surface area contributed by atoms with E-state index in [1.54, 1.807) is 22.9 Å². The zero-order valence-corrected chi connectivity index (χ0v) is 10.4. The molecule has 1 heterocycles. The first kappa shape index (κ1) is 12.6. The number of carboxylic acid groups (broad SMARTS) is 1. The molecule has 0 aliphatic heterocycles. The number of aliphatic carboxylic acids is 1. The number of imidazole rings is 1. The van der Waals surface area contributed by atoms with Crippen molar-refractivity contribution in [2.24, 2.45) is 0 Å². The van der Waals surface area contributed by atoms with Gasteiger partial charge >= 0.3 is 5.97 Å². The lowest BCUT2D eigenvalue weighted by Crippen LogP contribution is -2.03. The molecular weight excluding hydrogens is 255 g/mol. The average molecular weight is 266 g/mol. The molecule has 2 aromatic rings. The Balaban J connectivity index is 2.36. The molecule has 1 aromatic carbocycles. The van der Waals surface area contributed by atoms with E-state index >= 15 is 0 Å². The van der Waals surface area contributed by atoms with Gasteiger partial charge in [0.25, 0.3) is 0 Å². The molecule has 18 heavy (non-hydrogen) atoms. The molecule has 0 saturated heterocycles. The van der Waals surface area contributed by atoms with Crippen molar-refractivity contribution < 1.29 is 14.3 Å². The summed E-state index contributed by atoms with van der Waals surface area (Å²) in [6, 6.07) is 4.76. The van der Waals surface area contributed by atoms with Crippen molar-refractivity contribution in [3.8, 4) is 5.69 Å². The summed E-state index contributed by atoms with van der Waals surface area (Å²) >= 11 is 1.06. The van der Waals surface area contributed by atoms with Crippen LogP contribution in [0.2, 0.25) is 0 Å². The molecule has 0 amide bonds. The highest BCUT2D eigenvalue weighted by Gasteiger charge is 2.11. The maximum absolute atomic E-state index is 13.7. The first-order valence-electron chi connectivity index (χ1n) is 5.22. The quantitative estimate of drug-likeness (QED) is 0.864. The standard InChI is InChI=1S/C12H11FN2O2S/c1-8-2-3-9(13)10(6-8)15-5-4-14-12(15)18-7-11(16)17/h2-6H,7H2,1H3,(H,16,17). The molecule has 94 valence electrons. The van der Waals surface area contributed by atoms with Crippen molar-refractivity contribution in [1.82, 2.24) is 9.55 Å². The average Bonchev–Trinajstić information content (AvgIpc) is 2.77. The highest BCUT2D eigenvalue weighted by Crippen LogP contribution is 2.22. The lowest BCUT2D eigenvalue weighted by Gasteiger charge is -2.08. The van der Waals surface area contributed by atoms with Crippen molar-refractivity contribution in [2.45, 2.75) is 12.1 Å². The summed E-state index contributed by atoms with van der Waals surface area (Å²) < 4.78 is 15.3. The fraction of sp³-hybridized carbons (Fsp3) is 0.167. The van der Waals surface area contributed by atoms with Crippen molar-refractivity contribution in [2.75, 3.05) is 5.75 Å². The second kappa shape index (κ2) is 5.22. The molecule has 2 rings (SSSR count). The summed E-state index contributed by atoms with van der Waals surface area (Å²) in [5.41, 5.74) is 1.30. The number of thioether (sulfide) groups is 1. The van der Waals surface area contributed by atoms with E-state index in [0.717, 1.165) is 17.3 Å². The molecule has 4 nitrogen and oxygen atoms in total. The van der Waals surface area contributed by atoms with Gasteiger partial charge in [0, 0.05) is 12.4 Å². The van der Waals surface area contributed by atoms with Crippen LogP contribution < -0.4 is 0 Å². The molecule has 0 saturated carbocycles. The summed E-state index contributed by atoms with van der Waals surface area (Å²) in [6.07, 6.45) is 3.13. The monoisotopic (exact) mass is 266 g/mol. The fourth-order valence-corrected chi connectivity index (χ4v) is 2.20. The van der Waals surface area contributed by atoms with Crippen LogP contribution in [-0.4, -0.2) is 26.4 Å². The van der Waals surface area contributed by atoms with Gasteiger partial charge < -0.3 is 5.11 Å². The molecular formula is C12H11FN2O2S. The van der Waals surface area contributed by atoms with E-state index < -0.39 is 5.97 Å². The van der Waals surface area contributed by atoms with Gasteiger partial charge in [0.2, 0.25) is 0 Å². The second-order valence-electron chi connectivity index (χ2n) is 3.72. The number of benzene rings is 1. The molecule has 0 unspecified atom stereocenters. The van der Waals surface area contributed by atoms with Gasteiger partial charge in [-0.1, -0.05) is 17.8 Å². The molecule has 1 N–H and O–H groups in total. The Morgan fingerprint density at radius 3 is 3.06 bits per heavy atom. The van der Waals surface area contributed by atoms with E-state index in [0.29, 0.717) is 10.8 Å².